The quantitative estimate of drug-likeness (QED) is 0.362. The maximum atomic E-state index is 13.1. The molecule has 7 nitrogen and oxygen atoms in total. The lowest BCUT2D eigenvalue weighted by molar-refractivity contribution is -0.143. The SMILES string of the molecule is Cc1ccc(-n2ncc3c(=O)n(CCC(=O)Nc4cc(C(F)(F)F)cc(C(F)(F)F)c4)c(C)nc32)cc1. The molecule has 4 aromatic rings. The molecular weight excluding hydrogens is 504 g/mol. The Morgan fingerprint density at radius 1 is 0.946 bits per heavy atom. The molecule has 2 aromatic heterocycles. The molecule has 0 bridgehead atoms. The van der Waals surface area contributed by atoms with Crippen LogP contribution in [0.15, 0.2) is 53.5 Å². The maximum absolute atomic E-state index is 13.1. The van der Waals surface area contributed by atoms with Crippen LogP contribution >= 0.6 is 0 Å². The number of halogens is 6. The van der Waals surface area contributed by atoms with E-state index in [0.29, 0.717) is 23.5 Å². The summed E-state index contributed by atoms with van der Waals surface area (Å²) in [4.78, 5) is 29.8. The van der Waals surface area contributed by atoms with E-state index in [9.17, 15) is 35.9 Å². The highest BCUT2D eigenvalue weighted by Crippen LogP contribution is 2.37. The van der Waals surface area contributed by atoms with Crippen molar-refractivity contribution in [3.05, 3.63) is 81.5 Å². The number of aromatic nitrogens is 4. The van der Waals surface area contributed by atoms with Crippen LogP contribution in [0.5, 0.6) is 0 Å². The number of aryl methyl sites for hydroxylation is 2. The molecule has 1 amide bonds. The van der Waals surface area contributed by atoms with Gasteiger partial charge in [-0.25, -0.2) is 9.67 Å². The second-order valence-electron chi connectivity index (χ2n) is 8.34. The van der Waals surface area contributed by atoms with Crippen LogP contribution in [0.25, 0.3) is 16.7 Å². The first kappa shape index (κ1) is 25.9. The van der Waals surface area contributed by atoms with Crippen LogP contribution in [0, 0.1) is 13.8 Å². The van der Waals surface area contributed by atoms with E-state index in [1.807, 2.05) is 31.2 Å². The first-order valence-corrected chi connectivity index (χ1v) is 10.9. The molecular formula is C24H19F6N5O2. The van der Waals surface area contributed by atoms with Gasteiger partial charge in [-0.1, -0.05) is 17.7 Å². The summed E-state index contributed by atoms with van der Waals surface area (Å²) in [5.74, 6) is -0.633. The fraction of sp³-hybridized carbons (Fsp3) is 0.250. The molecule has 2 aromatic carbocycles. The molecule has 0 unspecified atom stereocenters. The largest absolute Gasteiger partial charge is 0.416 e. The van der Waals surface area contributed by atoms with Gasteiger partial charge in [0.15, 0.2) is 5.65 Å². The van der Waals surface area contributed by atoms with E-state index in [2.05, 4.69) is 15.4 Å². The van der Waals surface area contributed by atoms with Gasteiger partial charge in [0.1, 0.15) is 11.2 Å². The second kappa shape index (κ2) is 9.37. The predicted molar refractivity (Wildman–Crippen MR) is 122 cm³/mol. The molecule has 0 saturated carbocycles. The highest BCUT2D eigenvalue weighted by Gasteiger charge is 2.37. The number of hydrogen-bond donors (Lipinski definition) is 1. The minimum Gasteiger partial charge on any atom is -0.326 e. The monoisotopic (exact) mass is 523 g/mol. The predicted octanol–water partition coefficient (Wildman–Crippen LogP) is 5.27. The zero-order valence-electron chi connectivity index (χ0n) is 19.4. The van der Waals surface area contributed by atoms with Gasteiger partial charge in [0.2, 0.25) is 5.91 Å². The smallest absolute Gasteiger partial charge is 0.326 e. The Morgan fingerprint density at radius 2 is 1.54 bits per heavy atom. The summed E-state index contributed by atoms with van der Waals surface area (Å²) in [5.41, 5.74) is -2.24. The molecule has 194 valence electrons. The molecule has 0 radical (unpaired) electrons. The molecule has 4 rings (SSSR count). The van der Waals surface area contributed by atoms with Gasteiger partial charge < -0.3 is 5.32 Å². The average molecular weight is 523 g/mol. The molecule has 0 fully saturated rings. The normalized spacial score (nSPS) is 12.2. The molecule has 0 atom stereocenters. The molecule has 0 aliphatic carbocycles. The third-order valence-corrected chi connectivity index (χ3v) is 5.59. The number of benzene rings is 2. The zero-order valence-corrected chi connectivity index (χ0v) is 19.4. The summed E-state index contributed by atoms with van der Waals surface area (Å²) in [7, 11) is 0. The first-order valence-electron chi connectivity index (χ1n) is 10.9. The van der Waals surface area contributed by atoms with Gasteiger partial charge in [0.05, 0.1) is 23.0 Å². The van der Waals surface area contributed by atoms with Crippen molar-refractivity contribution in [1.29, 1.82) is 0 Å². The lowest BCUT2D eigenvalue weighted by Gasteiger charge is -2.15. The van der Waals surface area contributed by atoms with E-state index >= 15 is 0 Å². The third kappa shape index (κ3) is 5.49. The molecule has 0 aliphatic heterocycles. The number of anilines is 1. The Labute approximate surface area is 205 Å². The number of rotatable bonds is 5. The van der Waals surface area contributed by atoms with Gasteiger partial charge in [-0.2, -0.15) is 31.4 Å². The number of fused-ring (bicyclic) bond motifs is 1. The summed E-state index contributed by atoms with van der Waals surface area (Å²) >= 11 is 0. The van der Waals surface area contributed by atoms with Gasteiger partial charge in [0.25, 0.3) is 5.56 Å². The number of hydrogen-bond acceptors (Lipinski definition) is 4. The van der Waals surface area contributed by atoms with Crippen molar-refractivity contribution in [3.63, 3.8) is 0 Å². The number of alkyl halides is 6. The Morgan fingerprint density at radius 3 is 2.11 bits per heavy atom. The average Bonchev–Trinajstić information content (AvgIpc) is 3.22. The standard InChI is InChI=1S/C24H19F6N5O2/c1-13-3-5-18(6-4-13)35-21-19(12-31-35)22(37)34(14(2)32-21)8-7-20(36)33-17-10-15(23(25,26)27)9-16(11-17)24(28,29)30/h3-6,9-12H,7-8H2,1-2H3,(H,33,36). The van der Waals surface area contributed by atoms with Crippen LogP contribution in [0.1, 0.15) is 28.9 Å². The summed E-state index contributed by atoms with van der Waals surface area (Å²) in [6.45, 7) is 3.25. The molecule has 37 heavy (non-hydrogen) atoms. The molecule has 0 saturated heterocycles. The fourth-order valence-electron chi connectivity index (χ4n) is 3.71. The second-order valence-corrected chi connectivity index (χ2v) is 8.34. The van der Waals surface area contributed by atoms with Crippen molar-refractivity contribution in [2.24, 2.45) is 0 Å². The van der Waals surface area contributed by atoms with Crippen molar-refractivity contribution in [1.82, 2.24) is 19.3 Å². The van der Waals surface area contributed by atoms with Crippen LogP contribution < -0.4 is 10.9 Å². The van der Waals surface area contributed by atoms with Gasteiger partial charge in [-0.3, -0.25) is 14.2 Å². The van der Waals surface area contributed by atoms with Crippen LogP contribution in [0.3, 0.4) is 0 Å². The summed E-state index contributed by atoms with van der Waals surface area (Å²) in [6.07, 6.45) is -9.16. The van der Waals surface area contributed by atoms with E-state index in [1.54, 1.807) is 0 Å². The molecule has 0 aliphatic rings. The maximum Gasteiger partial charge on any atom is 0.416 e. The number of amides is 1. The zero-order chi connectivity index (χ0) is 27.1. The van der Waals surface area contributed by atoms with Gasteiger partial charge >= 0.3 is 12.4 Å². The van der Waals surface area contributed by atoms with Crippen molar-refractivity contribution in [2.75, 3.05) is 5.32 Å². The van der Waals surface area contributed by atoms with Crippen molar-refractivity contribution in [3.8, 4) is 5.69 Å². The minimum atomic E-state index is -5.05. The molecule has 0 spiro atoms. The van der Waals surface area contributed by atoms with E-state index in [1.165, 1.54) is 22.4 Å². The number of carbonyl (C=O) groups is 1. The lowest BCUT2D eigenvalue weighted by Crippen LogP contribution is -2.26. The van der Waals surface area contributed by atoms with Gasteiger partial charge in [-0.15, -0.1) is 0 Å². The topological polar surface area (TPSA) is 81.8 Å². The molecule has 13 heteroatoms. The first-order chi connectivity index (χ1) is 17.2. The van der Waals surface area contributed by atoms with Gasteiger partial charge in [-0.05, 0) is 44.2 Å². The van der Waals surface area contributed by atoms with E-state index in [4.69, 9.17) is 0 Å². The Bertz CT molecular complexity index is 1500. The lowest BCUT2D eigenvalue weighted by atomic mass is 10.1. The highest BCUT2D eigenvalue weighted by molar-refractivity contribution is 5.91. The third-order valence-electron chi connectivity index (χ3n) is 5.59. The molecule has 2 heterocycles. The number of nitrogens with one attached hydrogen (secondary N) is 1. The van der Waals surface area contributed by atoms with Crippen LogP contribution in [-0.2, 0) is 23.7 Å². The van der Waals surface area contributed by atoms with Crippen LogP contribution in [-0.4, -0.2) is 25.2 Å². The number of carbonyl (C=O) groups excluding carboxylic acids is 1. The van der Waals surface area contributed by atoms with E-state index in [0.717, 1.165) is 5.56 Å². The summed E-state index contributed by atoms with van der Waals surface area (Å²) < 4.78 is 81.0. The van der Waals surface area contributed by atoms with Crippen molar-refractivity contribution < 1.29 is 31.1 Å². The Kier molecular flexibility index (Phi) is 6.57. The molecule has 1 N–H and O–H groups in total. The van der Waals surface area contributed by atoms with E-state index < -0.39 is 47.1 Å². The van der Waals surface area contributed by atoms with Crippen molar-refractivity contribution in [2.45, 2.75) is 39.2 Å². The van der Waals surface area contributed by atoms with E-state index in [-0.39, 0.29) is 23.8 Å². The summed E-state index contributed by atoms with van der Waals surface area (Å²) in [6, 6.07) is 8.17. The van der Waals surface area contributed by atoms with Crippen LogP contribution in [0.2, 0.25) is 0 Å². The number of nitrogens with zero attached hydrogens (tertiary/aromatic N) is 4. The minimum absolute atomic E-state index is 0.0315. The summed E-state index contributed by atoms with van der Waals surface area (Å²) in [5, 5.41) is 6.46. The van der Waals surface area contributed by atoms with Gasteiger partial charge in [0, 0.05) is 18.7 Å². The van der Waals surface area contributed by atoms with Crippen LogP contribution in [0.4, 0.5) is 32.0 Å². The highest BCUT2D eigenvalue weighted by atomic mass is 19.4. The Hall–Kier alpha value is -4.16. The van der Waals surface area contributed by atoms with Crippen molar-refractivity contribution >= 4 is 22.6 Å². The Balaban J connectivity index is 1.56. The fourth-order valence-corrected chi connectivity index (χ4v) is 3.71.